The standard InChI is InChI=1S/C12H16FNO3/c1-4-14-11(12(15)17-3)8-5-6-10(16-2)9(13)7-8/h5-7,11,14H,4H2,1-3H3. The second kappa shape index (κ2) is 6.20. The minimum atomic E-state index is -0.662. The molecule has 0 saturated carbocycles. The van der Waals surface area contributed by atoms with E-state index in [0.717, 1.165) is 0 Å². The van der Waals surface area contributed by atoms with Crippen molar-refractivity contribution in [1.82, 2.24) is 5.32 Å². The van der Waals surface area contributed by atoms with Gasteiger partial charge in [-0.25, -0.2) is 9.18 Å². The topological polar surface area (TPSA) is 47.6 Å². The molecule has 0 saturated heterocycles. The molecule has 94 valence electrons. The highest BCUT2D eigenvalue weighted by Gasteiger charge is 2.21. The number of hydrogen-bond acceptors (Lipinski definition) is 4. The molecule has 0 aromatic heterocycles. The Morgan fingerprint density at radius 2 is 2.18 bits per heavy atom. The lowest BCUT2D eigenvalue weighted by molar-refractivity contribution is -0.143. The van der Waals surface area contributed by atoms with Crippen LogP contribution >= 0.6 is 0 Å². The number of rotatable bonds is 5. The summed E-state index contributed by atoms with van der Waals surface area (Å²) in [4.78, 5) is 11.5. The van der Waals surface area contributed by atoms with Gasteiger partial charge in [-0.2, -0.15) is 0 Å². The third-order valence-corrected chi connectivity index (χ3v) is 2.35. The Morgan fingerprint density at radius 3 is 2.65 bits per heavy atom. The van der Waals surface area contributed by atoms with E-state index < -0.39 is 17.8 Å². The van der Waals surface area contributed by atoms with Crippen LogP contribution in [0.5, 0.6) is 5.75 Å². The summed E-state index contributed by atoms with van der Waals surface area (Å²) in [6.45, 7) is 2.43. The Labute approximate surface area is 99.7 Å². The van der Waals surface area contributed by atoms with Gasteiger partial charge in [0, 0.05) is 0 Å². The van der Waals surface area contributed by atoms with Crippen molar-refractivity contribution in [3.05, 3.63) is 29.6 Å². The Kier molecular flexibility index (Phi) is 4.90. The van der Waals surface area contributed by atoms with Crippen molar-refractivity contribution in [3.8, 4) is 5.75 Å². The maximum atomic E-state index is 13.5. The average Bonchev–Trinajstić information content (AvgIpc) is 2.35. The van der Waals surface area contributed by atoms with E-state index in [2.05, 4.69) is 10.1 Å². The minimum absolute atomic E-state index is 0.147. The number of carbonyl (C=O) groups excluding carboxylic acids is 1. The molecule has 0 spiro atoms. The summed E-state index contributed by atoms with van der Waals surface area (Å²) in [6, 6.07) is 3.72. The van der Waals surface area contributed by atoms with Gasteiger partial charge in [-0.05, 0) is 24.2 Å². The van der Waals surface area contributed by atoms with Gasteiger partial charge in [0.05, 0.1) is 14.2 Å². The lowest BCUT2D eigenvalue weighted by Gasteiger charge is -2.16. The zero-order valence-corrected chi connectivity index (χ0v) is 10.1. The second-order valence-electron chi connectivity index (χ2n) is 3.41. The molecule has 1 unspecified atom stereocenters. The van der Waals surface area contributed by atoms with Crippen molar-refractivity contribution in [1.29, 1.82) is 0 Å². The Balaban J connectivity index is 3.02. The molecule has 0 aliphatic carbocycles. The molecule has 1 rings (SSSR count). The molecule has 1 aromatic carbocycles. The smallest absolute Gasteiger partial charge is 0.327 e. The van der Waals surface area contributed by atoms with Crippen LogP contribution in [0.25, 0.3) is 0 Å². The summed E-state index contributed by atoms with van der Waals surface area (Å²) in [5.74, 6) is -0.804. The van der Waals surface area contributed by atoms with E-state index in [1.807, 2.05) is 6.92 Å². The summed E-state index contributed by atoms with van der Waals surface area (Å²) in [5, 5.41) is 2.93. The Bertz CT molecular complexity index is 395. The molecule has 0 heterocycles. The lowest BCUT2D eigenvalue weighted by Crippen LogP contribution is -2.29. The largest absolute Gasteiger partial charge is 0.494 e. The van der Waals surface area contributed by atoms with Crippen LogP contribution in [0.15, 0.2) is 18.2 Å². The average molecular weight is 241 g/mol. The van der Waals surface area contributed by atoms with Crippen molar-refractivity contribution in [2.24, 2.45) is 0 Å². The summed E-state index contributed by atoms with van der Waals surface area (Å²) < 4.78 is 23.0. The number of methoxy groups -OCH3 is 2. The number of ether oxygens (including phenoxy) is 2. The molecule has 17 heavy (non-hydrogen) atoms. The van der Waals surface area contributed by atoms with Crippen LogP contribution in [-0.2, 0) is 9.53 Å². The fourth-order valence-electron chi connectivity index (χ4n) is 1.52. The van der Waals surface area contributed by atoms with E-state index in [1.54, 1.807) is 6.07 Å². The number of benzene rings is 1. The van der Waals surface area contributed by atoms with E-state index >= 15 is 0 Å². The molecule has 0 bridgehead atoms. The summed E-state index contributed by atoms with van der Waals surface area (Å²) >= 11 is 0. The van der Waals surface area contributed by atoms with Gasteiger partial charge in [0.1, 0.15) is 6.04 Å². The number of hydrogen-bond donors (Lipinski definition) is 1. The first-order chi connectivity index (χ1) is 8.13. The highest BCUT2D eigenvalue weighted by atomic mass is 19.1. The minimum Gasteiger partial charge on any atom is -0.494 e. The first kappa shape index (κ1) is 13.4. The van der Waals surface area contributed by atoms with Crippen LogP contribution < -0.4 is 10.1 Å². The zero-order chi connectivity index (χ0) is 12.8. The molecule has 5 heteroatoms. The van der Waals surface area contributed by atoms with Crippen LogP contribution in [0.3, 0.4) is 0 Å². The molecule has 1 atom stereocenters. The molecule has 4 nitrogen and oxygen atoms in total. The van der Waals surface area contributed by atoms with Gasteiger partial charge >= 0.3 is 5.97 Å². The quantitative estimate of drug-likeness (QED) is 0.796. The fraction of sp³-hybridized carbons (Fsp3) is 0.417. The van der Waals surface area contributed by atoms with E-state index in [9.17, 15) is 9.18 Å². The van der Waals surface area contributed by atoms with E-state index in [-0.39, 0.29) is 5.75 Å². The highest BCUT2D eigenvalue weighted by molar-refractivity contribution is 5.77. The second-order valence-corrected chi connectivity index (χ2v) is 3.41. The molecular formula is C12H16FNO3. The molecular weight excluding hydrogens is 225 g/mol. The Hall–Kier alpha value is -1.62. The first-order valence-corrected chi connectivity index (χ1v) is 5.28. The highest BCUT2D eigenvalue weighted by Crippen LogP contribution is 2.22. The van der Waals surface area contributed by atoms with Gasteiger partial charge in [0.15, 0.2) is 11.6 Å². The first-order valence-electron chi connectivity index (χ1n) is 5.28. The van der Waals surface area contributed by atoms with E-state index in [4.69, 9.17) is 4.74 Å². The monoisotopic (exact) mass is 241 g/mol. The molecule has 0 amide bonds. The van der Waals surface area contributed by atoms with Crippen molar-refractivity contribution in [3.63, 3.8) is 0 Å². The number of likely N-dealkylation sites (N-methyl/N-ethyl adjacent to an activating group) is 1. The van der Waals surface area contributed by atoms with E-state index in [0.29, 0.717) is 12.1 Å². The molecule has 0 radical (unpaired) electrons. The number of esters is 1. The van der Waals surface area contributed by atoms with Crippen molar-refractivity contribution in [2.75, 3.05) is 20.8 Å². The van der Waals surface area contributed by atoms with Gasteiger partial charge in [-0.15, -0.1) is 0 Å². The maximum Gasteiger partial charge on any atom is 0.327 e. The van der Waals surface area contributed by atoms with Crippen LogP contribution in [0, 0.1) is 5.82 Å². The predicted molar refractivity (Wildman–Crippen MR) is 61.4 cm³/mol. The van der Waals surface area contributed by atoms with Crippen LogP contribution in [0.1, 0.15) is 18.5 Å². The van der Waals surface area contributed by atoms with Crippen molar-refractivity contribution < 1.29 is 18.7 Å². The number of nitrogens with one attached hydrogen (secondary N) is 1. The van der Waals surface area contributed by atoms with Gasteiger partial charge < -0.3 is 14.8 Å². The third kappa shape index (κ3) is 3.17. The van der Waals surface area contributed by atoms with Crippen molar-refractivity contribution >= 4 is 5.97 Å². The summed E-state index contributed by atoms with van der Waals surface area (Å²) in [7, 11) is 2.69. The zero-order valence-electron chi connectivity index (χ0n) is 10.1. The number of halogens is 1. The maximum absolute atomic E-state index is 13.5. The molecule has 1 N–H and O–H groups in total. The fourth-order valence-corrected chi connectivity index (χ4v) is 1.52. The Morgan fingerprint density at radius 1 is 1.47 bits per heavy atom. The predicted octanol–water partition coefficient (Wildman–Crippen LogP) is 1.66. The van der Waals surface area contributed by atoms with Crippen molar-refractivity contribution in [2.45, 2.75) is 13.0 Å². The summed E-state index contributed by atoms with van der Waals surface area (Å²) in [5.41, 5.74) is 0.511. The van der Waals surface area contributed by atoms with Gasteiger partial charge in [0.2, 0.25) is 0 Å². The van der Waals surface area contributed by atoms with Crippen LogP contribution in [0.4, 0.5) is 4.39 Å². The van der Waals surface area contributed by atoms with Gasteiger partial charge in [-0.1, -0.05) is 13.0 Å². The third-order valence-electron chi connectivity index (χ3n) is 2.35. The molecule has 1 aromatic rings. The molecule has 0 aliphatic rings. The number of carbonyl (C=O) groups is 1. The molecule has 0 aliphatic heterocycles. The lowest BCUT2D eigenvalue weighted by atomic mass is 10.1. The van der Waals surface area contributed by atoms with Gasteiger partial charge in [0.25, 0.3) is 0 Å². The van der Waals surface area contributed by atoms with Crippen LogP contribution in [-0.4, -0.2) is 26.7 Å². The van der Waals surface area contributed by atoms with Gasteiger partial charge in [-0.3, -0.25) is 0 Å². The SMILES string of the molecule is CCNC(C(=O)OC)c1ccc(OC)c(F)c1. The van der Waals surface area contributed by atoms with Crippen LogP contribution in [0.2, 0.25) is 0 Å². The normalized spacial score (nSPS) is 12.0. The summed E-state index contributed by atoms with van der Waals surface area (Å²) in [6.07, 6.45) is 0. The molecule has 0 fully saturated rings. The van der Waals surface area contributed by atoms with E-state index in [1.165, 1.54) is 26.4 Å².